The lowest BCUT2D eigenvalue weighted by Gasteiger charge is -2.27. The van der Waals surface area contributed by atoms with Crippen LogP contribution < -0.4 is 5.32 Å². The van der Waals surface area contributed by atoms with Gasteiger partial charge >= 0.3 is 0 Å². The average Bonchev–Trinajstić information content (AvgIpc) is 3.05. The second-order valence-corrected chi connectivity index (χ2v) is 7.07. The molecule has 0 radical (unpaired) electrons. The number of nitrogens with zero attached hydrogens (tertiary/aromatic N) is 1. The molecule has 94 valence electrons. The summed E-state index contributed by atoms with van der Waals surface area (Å²) in [6.07, 6.45) is 4.89. The molecule has 3 fully saturated rings. The van der Waals surface area contributed by atoms with Gasteiger partial charge < -0.3 is 5.32 Å². The van der Waals surface area contributed by atoms with Crippen molar-refractivity contribution >= 4 is 22.4 Å². The van der Waals surface area contributed by atoms with Crippen LogP contribution in [0.5, 0.6) is 0 Å². The van der Waals surface area contributed by atoms with Gasteiger partial charge in [0.25, 0.3) is 0 Å². The Morgan fingerprint density at radius 2 is 1.69 bits per heavy atom. The monoisotopic (exact) mass is 266 g/mol. The van der Waals surface area contributed by atoms with Crippen LogP contribution in [0.15, 0.2) is 0 Å². The van der Waals surface area contributed by atoms with Crippen LogP contribution in [0.2, 0.25) is 0 Å². The van der Waals surface area contributed by atoms with Crippen molar-refractivity contribution in [2.24, 2.45) is 0 Å². The molecule has 1 heterocycles. The van der Waals surface area contributed by atoms with Crippen LogP contribution >= 0.6 is 12.4 Å². The lowest BCUT2D eigenvalue weighted by atomic mass is 10.2. The molecule has 0 spiro atoms. The van der Waals surface area contributed by atoms with E-state index in [1.807, 2.05) is 4.31 Å². The molecule has 3 aliphatic rings. The molecule has 1 saturated heterocycles. The number of sulfonamides is 1. The fourth-order valence-corrected chi connectivity index (χ4v) is 4.74. The Morgan fingerprint density at radius 1 is 1.00 bits per heavy atom. The van der Waals surface area contributed by atoms with Crippen molar-refractivity contribution in [3.8, 4) is 0 Å². The van der Waals surface area contributed by atoms with E-state index in [1.165, 1.54) is 0 Å². The molecule has 0 bridgehead atoms. The molecule has 0 amide bonds. The highest BCUT2D eigenvalue weighted by Crippen LogP contribution is 2.39. The van der Waals surface area contributed by atoms with Crippen LogP contribution in [-0.4, -0.2) is 43.1 Å². The maximum absolute atomic E-state index is 12.3. The Kier molecular flexibility index (Phi) is 3.50. The highest BCUT2D eigenvalue weighted by molar-refractivity contribution is 7.90. The van der Waals surface area contributed by atoms with Crippen molar-refractivity contribution in [3.63, 3.8) is 0 Å². The van der Waals surface area contributed by atoms with Gasteiger partial charge in [0.15, 0.2) is 0 Å². The lowest BCUT2D eigenvalue weighted by molar-refractivity contribution is 0.326. The van der Waals surface area contributed by atoms with E-state index in [0.717, 1.165) is 45.2 Å². The van der Waals surface area contributed by atoms with E-state index in [1.54, 1.807) is 0 Å². The molecule has 3 rings (SSSR count). The van der Waals surface area contributed by atoms with Crippen LogP contribution in [0.3, 0.4) is 0 Å². The fourth-order valence-electron chi connectivity index (χ4n) is 2.44. The summed E-state index contributed by atoms with van der Waals surface area (Å²) in [4.78, 5) is 0. The predicted molar refractivity (Wildman–Crippen MR) is 65.3 cm³/mol. The summed E-state index contributed by atoms with van der Waals surface area (Å²) in [5.74, 6) is 0. The molecule has 2 saturated carbocycles. The molecular weight excluding hydrogens is 248 g/mol. The first-order valence-electron chi connectivity index (χ1n) is 5.92. The summed E-state index contributed by atoms with van der Waals surface area (Å²) in [7, 11) is -2.95. The van der Waals surface area contributed by atoms with Crippen LogP contribution in [0, 0.1) is 0 Å². The minimum absolute atomic E-state index is 0. The van der Waals surface area contributed by atoms with Gasteiger partial charge in [0.05, 0.1) is 5.25 Å². The Balaban J connectivity index is 0.000000963. The third-order valence-electron chi connectivity index (χ3n) is 3.54. The molecule has 0 aromatic rings. The summed E-state index contributed by atoms with van der Waals surface area (Å²) in [6, 6.07) is 0.573. The zero-order valence-corrected chi connectivity index (χ0v) is 10.9. The molecule has 4 nitrogen and oxygen atoms in total. The highest BCUT2D eigenvalue weighted by Gasteiger charge is 2.48. The zero-order chi connectivity index (χ0) is 10.5. The normalized spacial score (nSPS) is 30.4. The summed E-state index contributed by atoms with van der Waals surface area (Å²) in [5.41, 5.74) is 0. The zero-order valence-electron chi connectivity index (χ0n) is 9.26. The van der Waals surface area contributed by atoms with Crippen LogP contribution in [-0.2, 0) is 10.0 Å². The Morgan fingerprint density at radius 3 is 2.12 bits per heavy atom. The molecule has 0 aromatic carbocycles. The Hall–Kier alpha value is 0.160. The van der Waals surface area contributed by atoms with Gasteiger partial charge in [-0.3, -0.25) is 0 Å². The molecule has 1 N–H and O–H groups in total. The molecule has 0 aromatic heterocycles. The number of hydrogen-bond donors (Lipinski definition) is 1. The summed E-state index contributed by atoms with van der Waals surface area (Å²) >= 11 is 0. The molecule has 16 heavy (non-hydrogen) atoms. The van der Waals surface area contributed by atoms with Crippen LogP contribution in [0.25, 0.3) is 0 Å². The maximum Gasteiger partial charge on any atom is 0.217 e. The van der Waals surface area contributed by atoms with Crippen molar-refractivity contribution in [3.05, 3.63) is 0 Å². The highest BCUT2D eigenvalue weighted by atomic mass is 35.5. The van der Waals surface area contributed by atoms with Gasteiger partial charge in [-0.2, -0.15) is 4.31 Å². The first-order valence-corrected chi connectivity index (χ1v) is 7.43. The van der Waals surface area contributed by atoms with E-state index in [-0.39, 0.29) is 23.7 Å². The lowest BCUT2D eigenvalue weighted by Crippen LogP contribution is -2.44. The fraction of sp³-hybridized carbons (Fsp3) is 1.00. The van der Waals surface area contributed by atoms with E-state index >= 15 is 0 Å². The Bertz CT molecular complexity index is 346. The number of rotatable bonds is 4. The van der Waals surface area contributed by atoms with Gasteiger partial charge in [0.1, 0.15) is 0 Å². The van der Waals surface area contributed by atoms with E-state index in [9.17, 15) is 8.42 Å². The molecular formula is C10H19ClN2O2S. The summed E-state index contributed by atoms with van der Waals surface area (Å²) in [5, 5.41) is 3.22. The van der Waals surface area contributed by atoms with E-state index in [2.05, 4.69) is 5.32 Å². The van der Waals surface area contributed by atoms with Gasteiger partial charge in [-0.1, -0.05) is 0 Å². The number of hydrogen-bond acceptors (Lipinski definition) is 3. The van der Waals surface area contributed by atoms with Crippen LogP contribution in [0.1, 0.15) is 32.1 Å². The third kappa shape index (κ3) is 2.23. The first-order chi connectivity index (χ1) is 7.19. The largest absolute Gasteiger partial charge is 0.315 e. The van der Waals surface area contributed by atoms with Crippen molar-refractivity contribution in [1.82, 2.24) is 9.62 Å². The van der Waals surface area contributed by atoms with Gasteiger partial charge in [0.2, 0.25) is 10.0 Å². The minimum Gasteiger partial charge on any atom is -0.315 e. The quantitative estimate of drug-likeness (QED) is 0.816. The smallest absolute Gasteiger partial charge is 0.217 e. The predicted octanol–water partition coefficient (Wildman–Crippen LogP) is 0.727. The third-order valence-corrected chi connectivity index (χ3v) is 6.04. The number of nitrogens with one attached hydrogen (secondary N) is 1. The molecule has 2 aliphatic carbocycles. The number of halogens is 1. The van der Waals surface area contributed by atoms with Crippen molar-refractivity contribution in [2.45, 2.75) is 49.4 Å². The standard InChI is InChI=1S/C10H18N2O2S.ClH/c13-15(14,10-3-4-10)12(8-1-2-8)9-5-6-11-7-9;/h8-11H,1-7H2;1H. The minimum atomic E-state index is -2.95. The van der Waals surface area contributed by atoms with Crippen molar-refractivity contribution in [1.29, 1.82) is 0 Å². The van der Waals surface area contributed by atoms with Gasteiger partial charge in [-0.25, -0.2) is 8.42 Å². The van der Waals surface area contributed by atoms with E-state index in [4.69, 9.17) is 0 Å². The topological polar surface area (TPSA) is 49.4 Å². The average molecular weight is 267 g/mol. The SMILES string of the molecule is Cl.O=S(=O)(C1CC1)N(C1CC1)C1CCNC1. The molecule has 1 atom stereocenters. The molecule has 6 heteroatoms. The second kappa shape index (κ2) is 4.44. The van der Waals surface area contributed by atoms with E-state index in [0.29, 0.717) is 6.04 Å². The molecule has 1 aliphatic heterocycles. The summed E-state index contributed by atoms with van der Waals surface area (Å²) in [6.45, 7) is 1.82. The maximum atomic E-state index is 12.3. The first kappa shape index (κ1) is 12.6. The van der Waals surface area contributed by atoms with Gasteiger partial charge in [-0.15, -0.1) is 12.4 Å². The molecule has 1 unspecified atom stereocenters. The van der Waals surface area contributed by atoms with Crippen molar-refractivity contribution in [2.75, 3.05) is 13.1 Å². The Labute approximate surface area is 103 Å². The van der Waals surface area contributed by atoms with E-state index < -0.39 is 10.0 Å². The van der Waals surface area contributed by atoms with Gasteiger partial charge in [0, 0.05) is 18.6 Å². The summed E-state index contributed by atoms with van der Waals surface area (Å²) < 4.78 is 26.4. The van der Waals surface area contributed by atoms with Crippen molar-refractivity contribution < 1.29 is 8.42 Å². The van der Waals surface area contributed by atoms with Crippen LogP contribution in [0.4, 0.5) is 0 Å². The second-order valence-electron chi connectivity index (χ2n) is 4.95. The van der Waals surface area contributed by atoms with Gasteiger partial charge in [-0.05, 0) is 38.6 Å².